The summed E-state index contributed by atoms with van der Waals surface area (Å²) in [5.41, 5.74) is 7.32. The minimum Gasteiger partial charge on any atom is -0.327 e. The standard InChI is InChI=1S/C12H20N2O2S/c1-9-5-6-10(2)12(7-9)17(15,16)14(4)8-11(3)13/h5-7,11H,8,13H2,1-4H3. The molecule has 1 unspecified atom stereocenters. The van der Waals surface area contributed by atoms with E-state index in [1.165, 1.54) is 4.31 Å². The third-order valence-electron chi connectivity index (χ3n) is 2.58. The van der Waals surface area contributed by atoms with Crippen molar-refractivity contribution in [2.75, 3.05) is 13.6 Å². The average molecular weight is 256 g/mol. The number of nitrogens with zero attached hydrogens (tertiary/aromatic N) is 1. The molecular formula is C12H20N2O2S. The van der Waals surface area contributed by atoms with E-state index in [2.05, 4.69) is 0 Å². The van der Waals surface area contributed by atoms with Crippen LogP contribution in [0.3, 0.4) is 0 Å². The summed E-state index contributed by atoms with van der Waals surface area (Å²) in [5.74, 6) is 0. The Bertz CT molecular complexity index is 495. The zero-order valence-electron chi connectivity index (χ0n) is 10.8. The highest BCUT2D eigenvalue weighted by atomic mass is 32.2. The number of hydrogen-bond acceptors (Lipinski definition) is 3. The van der Waals surface area contributed by atoms with E-state index in [0.29, 0.717) is 11.4 Å². The maximum absolute atomic E-state index is 12.3. The van der Waals surface area contributed by atoms with Gasteiger partial charge in [-0.1, -0.05) is 12.1 Å². The molecular weight excluding hydrogens is 236 g/mol. The molecule has 0 fully saturated rings. The summed E-state index contributed by atoms with van der Waals surface area (Å²) in [6, 6.07) is 5.24. The summed E-state index contributed by atoms with van der Waals surface area (Å²) < 4.78 is 25.9. The molecule has 0 amide bonds. The molecule has 1 rings (SSSR count). The van der Waals surface area contributed by atoms with Crippen LogP contribution in [0.25, 0.3) is 0 Å². The zero-order chi connectivity index (χ0) is 13.2. The number of likely N-dealkylation sites (N-methyl/N-ethyl adjacent to an activating group) is 1. The maximum atomic E-state index is 12.3. The Morgan fingerprint density at radius 2 is 1.94 bits per heavy atom. The van der Waals surface area contributed by atoms with E-state index in [0.717, 1.165) is 11.1 Å². The number of aryl methyl sites for hydroxylation is 2. The van der Waals surface area contributed by atoms with Crippen LogP contribution in [0, 0.1) is 13.8 Å². The average Bonchev–Trinajstić information content (AvgIpc) is 2.20. The molecule has 17 heavy (non-hydrogen) atoms. The van der Waals surface area contributed by atoms with Gasteiger partial charge in [0.25, 0.3) is 0 Å². The normalized spacial score (nSPS) is 14.0. The fourth-order valence-corrected chi connectivity index (χ4v) is 3.23. The van der Waals surface area contributed by atoms with Crippen molar-refractivity contribution in [1.82, 2.24) is 4.31 Å². The predicted octanol–water partition coefficient (Wildman–Crippen LogP) is 1.27. The molecule has 5 heteroatoms. The van der Waals surface area contributed by atoms with E-state index in [9.17, 15) is 8.42 Å². The first-order chi connectivity index (χ1) is 7.75. The molecule has 96 valence electrons. The lowest BCUT2D eigenvalue weighted by molar-refractivity contribution is 0.445. The number of hydrogen-bond donors (Lipinski definition) is 1. The minimum absolute atomic E-state index is 0.181. The summed E-state index contributed by atoms with van der Waals surface area (Å²) >= 11 is 0. The van der Waals surface area contributed by atoms with Crippen molar-refractivity contribution in [3.63, 3.8) is 0 Å². The summed E-state index contributed by atoms with van der Waals surface area (Å²) in [6.07, 6.45) is 0. The second kappa shape index (κ2) is 5.16. The first-order valence-corrected chi connectivity index (χ1v) is 6.98. The molecule has 0 aliphatic heterocycles. The van der Waals surface area contributed by atoms with Crippen LogP contribution in [0.2, 0.25) is 0 Å². The number of sulfonamides is 1. The van der Waals surface area contributed by atoms with Crippen LogP contribution in [0.1, 0.15) is 18.1 Å². The Morgan fingerprint density at radius 3 is 2.47 bits per heavy atom. The highest BCUT2D eigenvalue weighted by Crippen LogP contribution is 2.20. The summed E-state index contributed by atoms with van der Waals surface area (Å²) in [6.45, 7) is 5.78. The van der Waals surface area contributed by atoms with Crippen molar-refractivity contribution in [2.24, 2.45) is 5.73 Å². The summed E-state index contributed by atoms with van der Waals surface area (Å²) in [5, 5.41) is 0. The van der Waals surface area contributed by atoms with Gasteiger partial charge in [0.2, 0.25) is 10.0 Å². The quantitative estimate of drug-likeness (QED) is 0.882. The fourth-order valence-electron chi connectivity index (χ4n) is 1.66. The monoisotopic (exact) mass is 256 g/mol. The van der Waals surface area contributed by atoms with Crippen LogP contribution < -0.4 is 5.73 Å². The molecule has 0 spiro atoms. The molecule has 0 radical (unpaired) electrons. The smallest absolute Gasteiger partial charge is 0.243 e. The number of nitrogens with two attached hydrogens (primary N) is 1. The molecule has 0 bridgehead atoms. The Hall–Kier alpha value is -0.910. The molecule has 4 nitrogen and oxygen atoms in total. The molecule has 1 aromatic carbocycles. The van der Waals surface area contributed by atoms with Crippen molar-refractivity contribution < 1.29 is 8.42 Å². The van der Waals surface area contributed by atoms with Crippen LogP contribution in [0.5, 0.6) is 0 Å². The molecule has 0 saturated heterocycles. The lowest BCUT2D eigenvalue weighted by Crippen LogP contribution is -2.37. The van der Waals surface area contributed by atoms with Crippen LogP contribution in [-0.2, 0) is 10.0 Å². The lowest BCUT2D eigenvalue weighted by Gasteiger charge is -2.20. The highest BCUT2D eigenvalue weighted by Gasteiger charge is 2.23. The number of benzene rings is 1. The van der Waals surface area contributed by atoms with Gasteiger partial charge in [0.05, 0.1) is 4.90 Å². The predicted molar refractivity (Wildman–Crippen MR) is 69.4 cm³/mol. The minimum atomic E-state index is -3.43. The van der Waals surface area contributed by atoms with Crippen molar-refractivity contribution in [2.45, 2.75) is 31.7 Å². The topological polar surface area (TPSA) is 63.4 Å². The van der Waals surface area contributed by atoms with E-state index in [1.54, 1.807) is 27.0 Å². The molecule has 0 aromatic heterocycles. The van der Waals surface area contributed by atoms with Crippen molar-refractivity contribution >= 4 is 10.0 Å². The van der Waals surface area contributed by atoms with Crippen LogP contribution in [0.15, 0.2) is 23.1 Å². The molecule has 1 aromatic rings. The second-order valence-corrected chi connectivity index (χ2v) is 6.55. The van der Waals surface area contributed by atoms with Crippen LogP contribution in [-0.4, -0.2) is 32.4 Å². The Labute approximate surface area is 103 Å². The Kier molecular flexibility index (Phi) is 4.30. The summed E-state index contributed by atoms with van der Waals surface area (Å²) in [4.78, 5) is 0.362. The van der Waals surface area contributed by atoms with E-state index in [4.69, 9.17) is 5.73 Å². The third-order valence-corrected chi connectivity index (χ3v) is 4.54. The highest BCUT2D eigenvalue weighted by molar-refractivity contribution is 7.89. The van der Waals surface area contributed by atoms with Gasteiger partial charge >= 0.3 is 0 Å². The molecule has 2 N–H and O–H groups in total. The maximum Gasteiger partial charge on any atom is 0.243 e. The third kappa shape index (κ3) is 3.28. The van der Waals surface area contributed by atoms with Crippen molar-refractivity contribution in [3.05, 3.63) is 29.3 Å². The van der Waals surface area contributed by atoms with Gasteiger partial charge < -0.3 is 5.73 Å². The molecule has 0 aliphatic carbocycles. The van der Waals surface area contributed by atoms with E-state index in [-0.39, 0.29) is 6.04 Å². The van der Waals surface area contributed by atoms with E-state index < -0.39 is 10.0 Å². The van der Waals surface area contributed by atoms with Crippen LogP contribution in [0.4, 0.5) is 0 Å². The van der Waals surface area contributed by atoms with Gasteiger partial charge in [-0.25, -0.2) is 8.42 Å². The molecule has 0 saturated carbocycles. The number of rotatable bonds is 4. The fraction of sp³-hybridized carbons (Fsp3) is 0.500. The molecule has 0 aliphatic rings. The first kappa shape index (κ1) is 14.2. The van der Waals surface area contributed by atoms with Gasteiger partial charge in [0.1, 0.15) is 0 Å². The Morgan fingerprint density at radius 1 is 1.35 bits per heavy atom. The van der Waals surface area contributed by atoms with E-state index in [1.807, 2.05) is 19.1 Å². The lowest BCUT2D eigenvalue weighted by atomic mass is 10.2. The first-order valence-electron chi connectivity index (χ1n) is 5.54. The second-order valence-electron chi connectivity index (χ2n) is 4.53. The largest absolute Gasteiger partial charge is 0.327 e. The molecule has 0 heterocycles. The van der Waals surface area contributed by atoms with Gasteiger partial charge in [0, 0.05) is 19.6 Å². The van der Waals surface area contributed by atoms with Gasteiger partial charge in [-0.2, -0.15) is 4.31 Å². The summed E-state index contributed by atoms with van der Waals surface area (Å²) in [7, 11) is -1.88. The van der Waals surface area contributed by atoms with E-state index >= 15 is 0 Å². The zero-order valence-corrected chi connectivity index (χ0v) is 11.6. The Balaban J connectivity index is 3.17. The SMILES string of the molecule is Cc1ccc(C)c(S(=O)(=O)N(C)CC(C)N)c1. The van der Waals surface area contributed by atoms with Gasteiger partial charge in [-0.15, -0.1) is 0 Å². The van der Waals surface area contributed by atoms with Crippen LogP contribution >= 0.6 is 0 Å². The molecule has 1 atom stereocenters. The van der Waals surface area contributed by atoms with Crippen molar-refractivity contribution in [1.29, 1.82) is 0 Å². The van der Waals surface area contributed by atoms with Crippen molar-refractivity contribution in [3.8, 4) is 0 Å². The van der Waals surface area contributed by atoms with Gasteiger partial charge in [-0.3, -0.25) is 0 Å². The van der Waals surface area contributed by atoms with Gasteiger partial charge in [0.15, 0.2) is 0 Å². The van der Waals surface area contributed by atoms with Gasteiger partial charge in [-0.05, 0) is 38.0 Å².